The Bertz CT molecular complexity index is 199. The third-order valence-corrected chi connectivity index (χ3v) is 2.72. The average molecular weight is 201 g/mol. The zero-order valence-electron chi connectivity index (χ0n) is 8.27. The number of methoxy groups -OCH3 is 1. The summed E-state index contributed by atoms with van der Waals surface area (Å²) in [6.07, 6.45) is 0. The molecular weight excluding hydrogens is 186 g/mol. The summed E-state index contributed by atoms with van der Waals surface area (Å²) in [4.78, 5) is 13.3. The third-order valence-electron chi connectivity index (χ3n) is 2.72. The topological polar surface area (TPSA) is 48.0 Å². The van der Waals surface area contributed by atoms with Gasteiger partial charge in [0.2, 0.25) is 0 Å². The standard InChI is InChI=1S/C9H15NO4/c1-12-9(11)2-10-7-3-13-5-8(10)6-14-4-7/h7-8H,2-6H2,1H3. The zero-order valence-corrected chi connectivity index (χ0v) is 8.27. The highest BCUT2D eigenvalue weighted by Gasteiger charge is 2.36. The molecule has 0 saturated carbocycles. The van der Waals surface area contributed by atoms with Gasteiger partial charge in [0.05, 0.1) is 52.2 Å². The summed E-state index contributed by atoms with van der Waals surface area (Å²) in [6, 6.07) is 0.420. The molecule has 2 fully saturated rings. The van der Waals surface area contributed by atoms with E-state index in [1.807, 2.05) is 0 Å². The highest BCUT2D eigenvalue weighted by molar-refractivity contribution is 5.71. The van der Waals surface area contributed by atoms with Gasteiger partial charge < -0.3 is 14.2 Å². The Hall–Kier alpha value is -0.650. The number of esters is 1. The molecule has 2 heterocycles. The number of fused-ring (bicyclic) bond motifs is 2. The summed E-state index contributed by atoms with van der Waals surface area (Å²) in [5.41, 5.74) is 0. The van der Waals surface area contributed by atoms with Crippen molar-refractivity contribution in [3.8, 4) is 0 Å². The lowest BCUT2D eigenvalue weighted by Crippen LogP contribution is -2.60. The van der Waals surface area contributed by atoms with Crippen LogP contribution in [-0.4, -0.2) is 63.0 Å². The van der Waals surface area contributed by atoms with Gasteiger partial charge >= 0.3 is 5.97 Å². The van der Waals surface area contributed by atoms with E-state index in [0.717, 1.165) is 0 Å². The van der Waals surface area contributed by atoms with Gasteiger partial charge in [0.25, 0.3) is 0 Å². The van der Waals surface area contributed by atoms with E-state index in [4.69, 9.17) is 9.47 Å². The molecule has 0 aromatic carbocycles. The number of nitrogens with zero attached hydrogens (tertiary/aromatic N) is 1. The van der Waals surface area contributed by atoms with Gasteiger partial charge in [-0.1, -0.05) is 0 Å². The van der Waals surface area contributed by atoms with Crippen molar-refractivity contribution in [2.75, 3.05) is 40.1 Å². The normalized spacial score (nSPS) is 32.6. The van der Waals surface area contributed by atoms with E-state index in [1.165, 1.54) is 7.11 Å². The first-order chi connectivity index (χ1) is 6.81. The van der Waals surface area contributed by atoms with Crippen molar-refractivity contribution in [1.29, 1.82) is 0 Å². The number of hydrogen-bond donors (Lipinski definition) is 0. The lowest BCUT2D eigenvalue weighted by molar-refractivity contribution is -0.160. The maximum Gasteiger partial charge on any atom is 0.319 e. The number of morpholine rings is 2. The van der Waals surface area contributed by atoms with Crippen LogP contribution in [0.1, 0.15) is 0 Å². The van der Waals surface area contributed by atoms with E-state index in [9.17, 15) is 4.79 Å². The minimum atomic E-state index is -0.191. The van der Waals surface area contributed by atoms with Crippen LogP contribution in [0.4, 0.5) is 0 Å². The molecular formula is C9H15NO4. The monoisotopic (exact) mass is 201 g/mol. The molecule has 5 heteroatoms. The van der Waals surface area contributed by atoms with Gasteiger partial charge in [0, 0.05) is 0 Å². The van der Waals surface area contributed by atoms with Crippen molar-refractivity contribution >= 4 is 5.97 Å². The van der Waals surface area contributed by atoms with Crippen LogP contribution in [0.3, 0.4) is 0 Å². The predicted molar refractivity (Wildman–Crippen MR) is 47.9 cm³/mol. The van der Waals surface area contributed by atoms with Crippen LogP contribution in [-0.2, 0) is 19.0 Å². The second-order valence-corrected chi connectivity index (χ2v) is 3.63. The molecule has 0 atom stereocenters. The molecule has 80 valence electrons. The Labute approximate surface area is 82.9 Å². The summed E-state index contributed by atoms with van der Waals surface area (Å²) in [5.74, 6) is -0.191. The maximum atomic E-state index is 11.2. The Kier molecular flexibility index (Phi) is 3.00. The van der Waals surface area contributed by atoms with Crippen molar-refractivity contribution in [2.45, 2.75) is 12.1 Å². The molecule has 2 aliphatic heterocycles. The van der Waals surface area contributed by atoms with Gasteiger partial charge in [-0.3, -0.25) is 9.69 Å². The lowest BCUT2D eigenvalue weighted by atomic mass is 10.1. The number of hydrogen-bond acceptors (Lipinski definition) is 5. The molecule has 2 rings (SSSR count). The molecule has 2 saturated heterocycles. The first-order valence-corrected chi connectivity index (χ1v) is 4.79. The van der Waals surface area contributed by atoms with E-state index in [0.29, 0.717) is 33.0 Å². The molecule has 2 bridgehead atoms. The average Bonchev–Trinajstić information content (AvgIpc) is 2.17. The second kappa shape index (κ2) is 4.25. The maximum absolute atomic E-state index is 11.2. The van der Waals surface area contributed by atoms with Gasteiger partial charge in [0.15, 0.2) is 0 Å². The van der Waals surface area contributed by atoms with Crippen molar-refractivity contribution in [3.05, 3.63) is 0 Å². The Morgan fingerprint density at radius 3 is 2.21 bits per heavy atom. The number of rotatable bonds is 2. The number of carbonyl (C=O) groups excluding carboxylic acids is 1. The molecule has 0 aromatic heterocycles. The van der Waals surface area contributed by atoms with Crippen molar-refractivity contribution in [3.63, 3.8) is 0 Å². The van der Waals surface area contributed by atoms with Gasteiger partial charge in [-0.25, -0.2) is 0 Å². The fourth-order valence-corrected chi connectivity index (χ4v) is 1.93. The quantitative estimate of drug-likeness (QED) is 0.551. The molecule has 0 unspecified atom stereocenters. The lowest BCUT2D eigenvalue weighted by Gasteiger charge is -2.44. The van der Waals surface area contributed by atoms with Crippen molar-refractivity contribution in [2.24, 2.45) is 0 Å². The molecule has 0 radical (unpaired) electrons. The Morgan fingerprint density at radius 2 is 1.79 bits per heavy atom. The predicted octanol–water partition coefficient (Wildman–Crippen LogP) is -0.741. The smallest absolute Gasteiger partial charge is 0.319 e. The summed E-state index contributed by atoms with van der Waals surface area (Å²) in [6.45, 7) is 2.93. The van der Waals surface area contributed by atoms with E-state index < -0.39 is 0 Å². The molecule has 0 aromatic rings. The van der Waals surface area contributed by atoms with Crippen LogP contribution >= 0.6 is 0 Å². The van der Waals surface area contributed by atoms with Crippen LogP contribution in [0, 0.1) is 0 Å². The molecule has 0 N–H and O–H groups in total. The first-order valence-electron chi connectivity index (χ1n) is 4.79. The van der Waals surface area contributed by atoms with Crippen LogP contribution in [0.15, 0.2) is 0 Å². The molecule has 2 aliphatic rings. The summed E-state index contributed by atoms with van der Waals surface area (Å²) >= 11 is 0. The van der Waals surface area contributed by atoms with E-state index in [-0.39, 0.29) is 18.1 Å². The van der Waals surface area contributed by atoms with E-state index in [2.05, 4.69) is 9.64 Å². The number of carbonyl (C=O) groups is 1. The summed E-state index contributed by atoms with van der Waals surface area (Å²) in [7, 11) is 1.41. The summed E-state index contributed by atoms with van der Waals surface area (Å²) < 4.78 is 15.5. The third kappa shape index (κ3) is 1.89. The molecule has 0 amide bonds. The minimum absolute atomic E-state index is 0.191. The van der Waals surface area contributed by atoms with Crippen LogP contribution in [0.5, 0.6) is 0 Å². The number of ether oxygens (including phenoxy) is 3. The fourth-order valence-electron chi connectivity index (χ4n) is 1.93. The first kappa shape index (κ1) is 9.89. The van der Waals surface area contributed by atoms with Gasteiger partial charge in [-0.15, -0.1) is 0 Å². The van der Waals surface area contributed by atoms with E-state index in [1.54, 1.807) is 0 Å². The fraction of sp³-hybridized carbons (Fsp3) is 0.889. The van der Waals surface area contributed by atoms with Crippen LogP contribution in [0.25, 0.3) is 0 Å². The Morgan fingerprint density at radius 1 is 1.29 bits per heavy atom. The molecule has 0 aliphatic carbocycles. The minimum Gasteiger partial charge on any atom is -0.468 e. The van der Waals surface area contributed by atoms with Crippen LogP contribution < -0.4 is 0 Å². The highest BCUT2D eigenvalue weighted by atomic mass is 16.5. The zero-order chi connectivity index (χ0) is 9.97. The molecule has 14 heavy (non-hydrogen) atoms. The van der Waals surface area contributed by atoms with Crippen molar-refractivity contribution in [1.82, 2.24) is 4.90 Å². The van der Waals surface area contributed by atoms with Gasteiger partial charge in [0.1, 0.15) is 0 Å². The Balaban J connectivity index is 1.98. The van der Waals surface area contributed by atoms with Crippen LogP contribution in [0.2, 0.25) is 0 Å². The molecule has 5 nitrogen and oxygen atoms in total. The largest absolute Gasteiger partial charge is 0.468 e. The van der Waals surface area contributed by atoms with Crippen molar-refractivity contribution < 1.29 is 19.0 Å². The highest BCUT2D eigenvalue weighted by Crippen LogP contribution is 2.18. The molecule has 0 spiro atoms. The van der Waals surface area contributed by atoms with Gasteiger partial charge in [-0.2, -0.15) is 0 Å². The van der Waals surface area contributed by atoms with Gasteiger partial charge in [-0.05, 0) is 0 Å². The second-order valence-electron chi connectivity index (χ2n) is 3.63. The summed E-state index contributed by atoms with van der Waals surface area (Å²) in [5, 5.41) is 0. The van der Waals surface area contributed by atoms with E-state index >= 15 is 0 Å². The SMILES string of the molecule is COC(=O)CN1C2COCC1COC2.